The number of aromatic nitrogens is 3. The van der Waals surface area contributed by atoms with Crippen molar-refractivity contribution in [1.29, 1.82) is 5.26 Å². The molecule has 2 atom stereocenters. The number of hydrogen-bond acceptors (Lipinski definition) is 10. The molecule has 2 aliphatic rings. The van der Waals surface area contributed by atoms with Crippen LogP contribution < -0.4 is 21.1 Å². The molecule has 13 heteroatoms. The zero-order chi connectivity index (χ0) is 28.8. The molecule has 0 aliphatic carbocycles. The third kappa shape index (κ3) is 4.90. The second-order valence-corrected chi connectivity index (χ2v) is 11.7. The lowest BCUT2D eigenvalue weighted by Gasteiger charge is -2.26. The highest BCUT2D eigenvalue weighted by Gasteiger charge is 2.29. The molecule has 2 saturated heterocycles. The molecule has 2 fully saturated rings. The molecule has 3 aromatic heterocycles. The van der Waals surface area contributed by atoms with Crippen LogP contribution in [0.5, 0.6) is 6.01 Å². The van der Waals surface area contributed by atoms with Crippen molar-refractivity contribution in [2.45, 2.75) is 44.2 Å². The lowest BCUT2D eigenvalue weighted by molar-refractivity contribution is 0.188. The molecule has 41 heavy (non-hydrogen) atoms. The van der Waals surface area contributed by atoms with Crippen LogP contribution in [0.2, 0.25) is 0 Å². The van der Waals surface area contributed by atoms with E-state index in [-0.39, 0.29) is 49.8 Å². The Morgan fingerprint density at radius 2 is 1.98 bits per heavy atom. The van der Waals surface area contributed by atoms with Gasteiger partial charge in [0.2, 0.25) is 0 Å². The Bertz CT molecular complexity index is 1690. The number of nitrogen functional groups attached to an aromatic ring is 1. The molecule has 9 nitrogen and oxygen atoms in total. The van der Waals surface area contributed by atoms with Crippen LogP contribution in [0, 0.1) is 28.8 Å². The second-order valence-electron chi connectivity index (χ2n) is 10.7. The van der Waals surface area contributed by atoms with E-state index >= 15 is 8.78 Å². The van der Waals surface area contributed by atoms with Crippen LogP contribution in [0.1, 0.15) is 37.7 Å². The van der Waals surface area contributed by atoms with Gasteiger partial charge in [-0.3, -0.25) is 4.98 Å². The topological polar surface area (TPSA) is 130 Å². The molecule has 5 heterocycles. The first kappa shape index (κ1) is 27.4. The third-order valence-electron chi connectivity index (χ3n) is 7.97. The summed E-state index contributed by atoms with van der Waals surface area (Å²) in [6, 6.07) is 2.62. The molecule has 214 valence electrons. The maximum Gasteiger partial charge on any atom is 0.319 e. The van der Waals surface area contributed by atoms with Crippen molar-refractivity contribution in [2.24, 2.45) is 5.73 Å². The van der Waals surface area contributed by atoms with Crippen molar-refractivity contribution in [3.63, 3.8) is 0 Å². The van der Waals surface area contributed by atoms with Gasteiger partial charge in [0.25, 0.3) is 0 Å². The predicted octanol–water partition coefficient (Wildman–Crippen LogP) is 4.57. The van der Waals surface area contributed by atoms with Gasteiger partial charge in [-0.25, -0.2) is 13.2 Å². The quantitative estimate of drug-likeness (QED) is 0.348. The highest BCUT2D eigenvalue weighted by atomic mass is 32.1. The van der Waals surface area contributed by atoms with E-state index in [1.54, 1.807) is 0 Å². The SMILES string of the molecule is CN1CCCC1COc1nc(N2CCCCC(N)C2)c2cnc(-c3c(F)cc(F)c4sc(N)c(C#N)c34)c(F)c2n1. The fourth-order valence-electron chi connectivity index (χ4n) is 5.80. The van der Waals surface area contributed by atoms with Crippen LogP contribution in [-0.4, -0.2) is 65.2 Å². The first-order valence-corrected chi connectivity index (χ1v) is 14.4. The van der Waals surface area contributed by atoms with E-state index in [1.807, 2.05) is 18.0 Å². The van der Waals surface area contributed by atoms with Crippen LogP contribution in [-0.2, 0) is 0 Å². The van der Waals surface area contributed by atoms with Crippen LogP contribution in [0.3, 0.4) is 0 Å². The number of nitrogens with two attached hydrogens (primary N) is 2. The predicted molar refractivity (Wildman–Crippen MR) is 152 cm³/mol. The summed E-state index contributed by atoms with van der Waals surface area (Å²) in [6.45, 7) is 2.45. The molecule has 6 rings (SSSR count). The van der Waals surface area contributed by atoms with Crippen LogP contribution in [0.25, 0.3) is 32.2 Å². The van der Waals surface area contributed by atoms with Crippen LogP contribution in [0.4, 0.5) is 24.0 Å². The highest BCUT2D eigenvalue weighted by Crippen LogP contribution is 2.43. The van der Waals surface area contributed by atoms with Crippen molar-refractivity contribution in [3.05, 3.63) is 35.3 Å². The minimum atomic E-state index is -1.07. The maximum absolute atomic E-state index is 16.5. The molecule has 2 aliphatic heterocycles. The normalized spacial score (nSPS) is 20.0. The number of pyridine rings is 1. The molecule has 2 unspecified atom stereocenters. The number of hydrogen-bond donors (Lipinski definition) is 2. The Hall–Kier alpha value is -3.73. The Labute approximate surface area is 238 Å². The lowest BCUT2D eigenvalue weighted by Crippen LogP contribution is -2.36. The van der Waals surface area contributed by atoms with Crippen molar-refractivity contribution in [2.75, 3.05) is 43.9 Å². The van der Waals surface area contributed by atoms with E-state index in [1.165, 1.54) is 6.20 Å². The molecule has 0 spiro atoms. The molecule has 4 N–H and O–H groups in total. The van der Waals surface area contributed by atoms with Crippen molar-refractivity contribution < 1.29 is 17.9 Å². The largest absolute Gasteiger partial charge is 0.462 e. The van der Waals surface area contributed by atoms with E-state index in [2.05, 4.69) is 19.9 Å². The van der Waals surface area contributed by atoms with Crippen LogP contribution >= 0.6 is 11.3 Å². The Kier molecular flexibility index (Phi) is 7.31. The first-order valence-electron chi connectivity index (χ1n) is 13.6. The molecular formula is C28H29F3N8OS. The lowest BCUT2D eigenvalue weighted by atomic mass is 10.0. The third-order valence-corrected chi connectivity index (χ3v) is 9.00. The van der Waals surface area contributed by atoms with Gasteiger partial charge in [0.05, 0.1) is 15.6 Å². The smallest absolute Gasteiger partial charge is 0.319 e. The van der Waals surface area contributed by atoms with E-state index in [0.29, 0.717) is 37.0 Å². The number of anilines is 2. The van der Waals surface area contributed by atoms with Gasteiger partial charge in [-0.05, 0) is 39.3 Å². The standard InChI is InChI=1S/C28H29F3N8OS/c1-38-7-4-6-15(38)13-40-28-36-23-17(27(37-28)39-8-3-2-5-14(33)12-39)11-35-24(22(23)31)21-18(29)9-19(30)25-20(21)16(10-32)26(34)41-25/h9,11,14-15H,2-8,12-13,33-34H2,1H3. The number of benzene rings is 1. The fourth-order valence-corrected chi connectivity index (χ4v) is 6.73. The minimum absolute atomic E-state index is 0.00382. The number of likely N-dealkylation sites (N-methyl/N-ethyl adjacent to an activating group) is 1. The Morgan fingerprint density at radius 3 is 2.73 bits per heavy atom. The van der Waals surface area contributed by atoms with E-state index in [9.17, 15) is 9.65 Å². The zero-order valence-corrected chi connectivity index (χ0v) is 23.3. The summed E-state index contributed by atoms with van der Waals surface area (Å²) >= 11 is 0.797. The number of nitrogens with zero attached hydrogens (tertiary/aromatic N) is 6. The van der Waals surface area contributed by atoms with Crippen molar-refractivity contribution in [1.82, 2.24) is 19.9 Å². The fraction of sp³-hybridized carbons (Fsp3) is 0.429. The van der Waals surface area contributed by atoms with Gasteiger partial charge in [-0.15, -0.1) is 11.3 Å². The zero-order valence-electron chi connectivity index (χ0n) is 22.5. The molecule has 4 aromatic rings. The Balaban J connectivity index is 1.54. The second kappa shape index (κ2) is 10.9. The maximum atomic E-state index is 16.5. The number of likely N-dealkylation sites (tertiary alicyclic amines) is 1. The van der Waals surface area contributed by atoms with Crippen LogP contribution in [0.15, 0.2) is 12.3 Å². The number of nitriles is 1. The van der Waals surface area contributed by atoms with Gasteiger partial charge in [-0.1, -0.05) is 6.42 Å². The number of rotatable bonds is 5. The molecule has 0 saturated carbocycles. The molecule has 1 aromatic carbocycles. The van der Waals surface area contributed by atoms with Gasteiger partial charge < -0.3 is 26.0 Å². The van der Waals surface area contributed by atoms with E-state index in [0.717, 1.165) is 50.0 Å². The molecule has 0 amide bonds. The summed E-state index contributed by atoms with van der Waals surface area (Å²) in [5.74, 6) is -2.46. The summed E-state index contributed by atoms with van der Waals surface area (Å²) in [7, 11) is 2.02. The molecule has 0 bridgehead atoms. The van der Waals surface area contributed by atoms with Gasteiger partial charge in [0, 0.05) is 48.4 Å². The molecule has 0 radical (unpaired) electrons. The number of halogens is 3. The molecular weight excluding hydrogens is 553 g/mol. The van der Waals surface area contributed by atoms with Gasteiger partial charge in [0.15, 0.2) is 5.82 Å². The summed E-state index contributed by atoms with van der Waals surface area (Å²) < 4.78 is 52.5. The first-order chi connectivity index (χ1) is 19.8. The highest BCUT2D eigenvalue weighted by molar-refractivity contribution is 7.23. The summed E-state index contributed by atoms with van der Waals surface area (Å²) in [6.07, 6.45) is 6.10. The van der Waals surface area contributed by atoms with Gasteiger partial charge in [-0.2, -0.15) is 15.2 Å². The van der Waals surface area contributed by atoms with Crippen molar-refractivity contribution >= 4 is 43.1 Å². The van der Waals surface area contributed by atoms with Gasteiger partial charge >= 0.3 is 6.01 Å². The van der Waals surface area contributed by atoms with Gasteiger partial charge in [0.1, 0.15) is 46.3 Å². The van der Waals surface area contributed by atoms with E-state index < -0.39 is 23.1 Å². The average molecular weight is 583 g/mol. The summed E-state index contributed by atoms with van der Waals surface area (Å²) in [5.41, 5.74) is 11.2. The number of ether oxygens (including phenoxy) is 1. The number of fused-ring (bicyclic) bond motifs is 2. The summed E-state index contributed by atoms with van der Waals surface area (Å²) in [5, 5.41) is 9.89. The Morgan fingerprint density at radius 1 is 1.15 bits per heavy atom. The van der Waals surface area contributed by atoms with E-state index in [4.69, 9.17) is 16.2 Å². The average Bonchev–Trinajstić information content (AvgIpc) is 3.43. The minimum Gasteiger partial charge on any atom is -0.462 e. The summed E-state index contributed by atoms with van der Waals surface area (Å²) in [4.78, 5) is 17.5. The van der Waals surface area contributed by atoms with Crippen molar-refractivity contribution in [3.8, 4) is 23.3 Å². The number of thiophene rings is 1. The monoisotopic (exact) mass is 582 g/mol.